The number of piperazine rings is 1. The van der Waals surface area contributed by atoms with Gasteiger partial charge in [0.2, 0.25) is 10.0 Å². The number of benzene rings is 1. The molecule has 31 heavy (non-hydrogen) atoms. The number of anilines is 1. The van der Waals surface area contributed by atoms with Gasteiger partial charge in [-0.3, -0.25) is 0 Å². The predicted molar refractivity (Wildman–Crippen MR) is 117 cm³/mol. The van der Waals surface area contributed by atoms with Crippen molar-refractivity contribution in [3.8, 4) is 0 Å². The number of likely N-dealkylation sites (N-methyl/N-ethyl adjacent to an activating group) is 1. The van der Waals surface area contributed by atoms with E-state index in [2.05, 4.69) is 15.2 Å². The van der Waals surface area contributed by atoms with Crippen LogP contribution >= 0.6 is 0 Å². The Balaban J connectivity index is 1.46. The van der Waals surface area contributed by atoms with Gasteiger partial charge >= 0.3 is 0 Å². The second-order valence-corrected chi connectivity index (χ2v) is 10.3. The van der Waals surface area contributed by atoms with Gasteiger partial charge < -0.3 is 15.0 Å². The highest BCUT2D eigenvalue weighted by Gasteiger charge is 2.34. The molecule has 9 heteroatoms. The highest BCUT2D eigenvalue weighted by atomic mass is 32.2. The van der Waals surface area contributed by atoms with Crippen molar-refractivity contribution in [3.63, 3.8) is 0 Å². The molecule has 0 radical (unpaired) electrons. The molecule has 1 N–H and O–H groups in total. The second-order valence-electron chi connectivity index (χ2n) is 8.34. The maximum absolute atomic E-state index is 13.4. The lowest BCUT2D eigenvalue weighted by Crippen LogP contribution is -2.47. The first-order valence-electron chi connectivity index (χ1n) is 10.6. The maximum Gasteiger partial charge on any atom is 0.244 e. The number of hydrogen-bond donors (Lipinski definition) is 1. The van der Waals surface area contributed by atoms with Gasteiger partial charge in [0.25, 0.3) is 0 Å². The lowest BCUT2D eigenvalue weighted by Gasteiger charge is -2.38. The van der Waals surface area contributed by atoms with E-state index in [9.17, 15) is 12.8 Å². The minimum atomic E-state index is -3.53. The molecule has 0 atom stereocenters. The molecular weight excluding hydrogens is 419 g/mol. The van der Waals surface area contributed by atoms with Crippen LogP contribution in [0.5, 0.6) is 0 Å². The highest BCUT2D eigenvalue weighted by molar-refractivity contribution is 7.89. The zero-order chi connectivity index (χ0) is 21.9. The van der Waals surface area contributed by atoms with Crippen LogP contribution in [0.3, 0.4) is 0 Å². The Kier molecular flexibility index (Phi) is 6.57. The largest absolute Gasteiger partial charge is 0.381 e. The molecular formula is C22H29FN4O3S. The minimum Gasteiger partial charge on any atom is -0.381 e. The lowest BCUT2D eigenvalue weighted by molar-refractivity contribution is 0.0543. The van der Waals surface area contributed by atoms with Crippen molar-refractivity contribution in [2.75, 3.05) is 58.3 Å². The Morgan fingerprint density at radius 1 is 1.06 bits per heavy atom. The van der Waals surface area contributed by atoms with Crippen molar-refractivity contribution in [1.29, 1.82) is 0 Å². The summed E-state index contributed by atoms with van der Waals surface area (Å²) in [4.78, 5) is 6.69. The first-order chi connectivity index (χ1) is 14.9. The Morgan fingerprint density at radius 3 is 2.35 bits per heavy atom. The van der Waals surface area contributed by atoms with E-state index >= 15 is 0 Å². The van der Waals surface area contributed by atoms with E-state index in [1.807, 2.05) is 19.2 Å². The molecule has 3 heterocycles. The van der Waals surface area contributed by atoms with Crippen LogP contribution in [-0.2, 0) is 20.2 Å². The van der Waals surface area contributed by atoms with Gasteiger partial charge in [0, 0.05) is 57.5 Å². The molecule has 1 aromatic heterocycles. The number of halogens is 1. The number of nitrogens with zero attached hydrogens (tertiary/aromatic N) is 3. The van der Waals surface area contributed by atoms with E-state index in [0.717, 1.165) is 31.5 Å². The molecule has 2 saturated heterocycles. The number of aromatic nitrogens is 1. The summed E-state index contributed by atoms with van der Waals surface area (Å²) in [5.41, 5.74) is 0.886. The Hall–Kier alpha value is -2.07. The first-order valence-corrected chi connectivity index (χ1v) is 12.1. The summed E-state index contributed by atoms with van der Waals surface area (Å²) in [5, 5.41) is 3.36. The molecule has 2 fully saturated rings. The highest BCUT2D eigenvalue weighted by Crippen LogP contribution is 2.35. The number of nitrogens with one attached hydrogen (secondary N) is 1. The van der Waals surface area contributed by atoms with Gasteiger partial charge in [-0.1, -0.05) is 12.1 Å². The van der Waals surface area contributed by atoms with E-state index in [1.165, 1.54) is 22.6 Å². The third-order valence-electron chi connectivity index (χ3n) is 6.35. The molecule has 0 spiro atoms. The molecule has 0 saturated carbocycles. The van der Waals surface area contributed by atoms with Crippen molar-refractivity contribution in [1.82, 2.24) is 14.2 Å². The van der Waals surface area contributed by atoms with Crippen LogP contribution in [0.15, 0.2) is 47.5 Å². The van der Waals surface area contributed by atoms with Gasteiger partial charge in [0.1, 0.15) is 16.5 Å². The number of rotatable bonds is 6. The summed E-state index contributed by atoms with van der Waals surface area (Å²) in [6.07, 6.45) is 3.06. The van der Waals surface area contributed by atoms with Crippen molar-refractivity contribution >= 4 is 15.8 Å². The van der Waals surface area contributed by atoms with E-state index in [4.69, 9.17) is 4.74 Å². The van der Waals surface area contributed by atoms with Crippen molar-refractivity contribution in [2.45, 2.75) is 23.2 Å². The van der Waals surface area contributed by atoms with Gasteiger partial charge in [-0.25, -0.2) is 17.8 Å². The number of pyridine rings is 1. The quantitative estimate of drug-likeness (QED) is 0.731. The number of hydrogen-bond acceptors (Lipinski definition) is 6. The zero-order valence-electron chi connectivity index (χ0n) is 17.8. The second kappa shape index (κ2) is 9.20. The summed E-state index contributed by atoms with van der Waals surface area (Å²) >= 11 is 0. The third kappa shape index (κ3) is 4.90. The van der Waals surface area contributed by atoms with E-state index in [1.54, 1.807) is 12.1 Å². The average molecular weight is 449 g/mol. The fourth-order valence-electron chi connectivity index (χ4n) is 4.21. The monoisotopic (exact) mass is 448 g/mol. The molecule has 0 unspecified atom stereocenters. The topological polar surface area (TPSA) is 74.8 Å². The molecule has 168 valence electrons. The Bertz CT molecular complexity index is 969. The van der Waals surface area contributed by atoms with Gasteiger partial charge in [0.05, 0.1) is 0 Å². The van der Waals surface area contributed by atoms with E-state index in [-0.39, 0.29) is 16.1 Å². The van der Waals surface area contributed by atoms with Gasteiger partial charge in [-0.15, -0.1) is 0 Å². The van der Waals surface area contributed by atoms with Gasteiger partial charge in [-0.05, 0) is 49.7 Å². The smallest absolute Gasteiger partial charge is 0.244 e. The van der Waals surface area contributed by atoms with Crippen molar-refractivity contribution in [3.05, 3.63) is 54.0 Å². The lowest BCUT2D eigenvalue weighted by atomic mass is 9.74. The molecule has 7 nitrogen and oxygen atoms in total. The average Bonchev–Trinajstić information content (AvgIpc) is 2.79. The zero-order valence-corrected chi connectivity index (χ0v) is 18.6. The first kappa shape index (κ1) is 22.1. The normalized spacial score (nSPS) is 20.5. The number of ether oxygens (including phenoxy) is 1. The molecule has 2 aliphatic heterocycles. The molecule has 4 rings (SSSR count). The van der Waals surface area contributed by atoms with Crippen LogP contribution in [0.4, 0.5) is 10.2 Å². The molecule has 1 aromatic carbocycles. The Labute approximate surface area is 183 Å². The van der Waals surface area contributed by atoms with E-state index in [0.29, 0.717) is 38.7 Å². The van der Waals surface area contributed by atoms with Crippen molar-refractivity contribution < 1.29 is 17.5 Å². The fraction of sp³-hybridized carbons (Fsp3) is 0.500. The predicted octanol–water partition coefficient (Wildman–Crippen LogP) is 2.32. The van der Waals surface area contributed by atoms with Gasteiger partial charge in [-0.2, -0.15) is 4.31 Å². The van der Waals surface area contributed by atoms with Crippen LogP contribution < -0.4 is 5.32 Å². The van der Waals surface area contributed by atoms with Crippen LogP contribution in [0, 0.1) is 5.82 Å². The molecule has 2 aliphatic rings. The maximum atomic E-state index is 13.4. The summed E-state index contributed by atoms with van der Waals surface area (Å²) in [7, 11) is -1.54. The standard InChI is InChI=1S/C22H29FN4O3S/c1-26-10-12-27(13-11-26)31(28,29)20-6-7-21(24-16-20)25-17-22(8-14-30-15-9-22)18-2-4-19(23)5-3-18/h2-7,16H,8-15,17H2,1H3,(H,24,25). The number of sulfonamides is 1. The molecule has 0 amide bonds. The van der Waals surface area contributed by atoms with Crippen molar-refractivity contribution in [2.24, 2.45) is 0 Å². The summed E-state index contributed by atoms with van der Waals surface area (Å²) in [6.45, 7) is 4.33. The molecule has 0 aliphatic carbocycles. The van der Waals surface area contributed by atoms with Gasteiger partial charge in [0.15, 0.2) is 0 Å². The van der Waals surface area contributed by atoms with Crippen LogP contribution in [0.25, 0.3) is 0 Å². The van der Waals surface area contributed by atoms with Crippen LogP contribution in [0.1, 0.15) is 18.4 Å². The summed E-state index contributed by atoms with van der Waals surface area (Å²) in [5.74, 6) is 0.364. The SMILES string of the molecule is CN1CCN(S(=O)(=O)c2ccc(NCC3(c4ccc(F)cc4)CCOCC3)nc2)CC1. The van der Waals surface area contributed by atoms with Crippen LogP contribution in [0.2, 0.25) is 0 Å². The third-order valence-corrected chi connectivity index (χ3v) is 8.23. The van der Waals surface area contributed by atoms with Crippen LogP contribution in [-0.4, -0.2) is 75.6 Å². The summed E-state index contributed by atoms with van der Waals surface area (Å²) < 4.78 is 46.2. The Morgan fingerprint density at radius 2 is 1.74 bits per heavy atom. The fourth-order valence-corrected chi connectivity index (χ4v) is 5.58. The summed E-state index contributed by atoms with van der Waals surface area (Å²) in [6, 6.07) is 9.97. The minimum absolute atomic E-state index is 0.182. The molecule has 2 aromatic rings. The molecule has 0 bridgehead atoms. The van der Waals surface area contributed by atoms with E-state index < -0.39 is 10.0 Å².